The summed E-state index contributed by atoms with van der Waals surface area (Å²) in [7, 11) is 0. The Morgan fingerprint density at radius 3 is 2.70 bits per heavy atom. The van der Waals surface area contributed by atoms with Gasteiger partial charge in [-0.1, -0.05) is 41.3 Å². The first-order valence-corrected chi connectivity index (χ1v) is 15.1. The second-order valence-corrected chi connectivity index (χ2v) is 13.3. The topological polar surface area (TPSA) is 92.2 Å². The van der Waals surface area contributed by atoms with Crippen molar-refractivity contribution < 1.29 is 18.8 Å². The first-order valence-electron chi connectivity index (χ1n) is 13.5. The summed E-state index contributed by atoms with van der Waals surface area (Å²) in [6, 6.07) is 10.2. The van der Waals surface area contributed by atoms with Crippen LogP contribution >= 0.6 is 34.5 Å². The number of nitrogens with zero attached hydrogens (tertiary/aromatic N) is 3. The van der Waals surface area contributed by atoms with E-state index in [0.717, 1.165) is 30.6 Å². The third-order valence-electron chi connectivity index (χ3n) is 8.94. The number of halogens is 3. The molecule has 6 nitrogen and oxygen atoms in total. The van der Waals surface area contributed by atoms with E-state index >= 15 is 0 Å². The molecule has 3 aliphatic carbocycles. The minimum absolute atomic E-state index is 0.0758. The first kappa shape index (κ1) is 26.4. The third-order valence-corrected chi connectivity index (χ3v) is 10.7. The maximum Gasteiger partial charge on any atom is 0.151 e. The summed E-state index contributed by atoms with van der Waals surface area (Å²) in [6.07, 6.45) is 4.17. The molecule has 0 spiro atoms. The van der Waals surface area contributed by atoms with Gasteiger partial charge in [-0.05, 0) is 74.1 Å². The molecule has 0 unspecified atom stereocenters. The van der Waals surface area contributed by atoms with Gasteiger partial charge in [0.15, 0.2) is 5.82 Å². The van der Waals surface area contributed by atoms with Crippen molar-refractivity contribution in [2.24, 2.45) is 17.8 Å². The number of thiazole rings is 1. The van der Waals surface area contributed by atoms with Crippen molar-refractivity contribution in [2.45, 2.75) is 63.3 Å². The molecule has 1 N–H and O–H groups in total. The molecule has 0 radical (unpaired) electrons. The second-order valence-electron chi connectivity index (χ2n) is 11.4. The first-order chi connectivity index (χ1) is 19.3. The van der Waals surface area contributed by atoms with Gasteiger partial charge in [0, 0.05) is 17.0 Å². The van der Waals surface area contributed by atoms with Crippen molar-refractivity contribution in [2.75, 3.05) is 0 Å². The third kappa shape index (κ3) is 4.17. The highest BCUT2D eigenvalue weighted by atomic mass is 35.5. The van der Waals surface area contributed by atoms with Crippen LogP contribution in [0.3, 0.4) is 0 Å². The lowest BCUT2D eigenvalue weighted by molar-refractivity contribution is -0.120. The highest BCUT2D eigenvalue weighted by molar-refractivity contribution is 7.18. The Bertz CT molecular complexity index is 1660. The van der Waals surface area contributed by atoms with Gasteiger partial charge in [-0.25, -0.2) is 9.37 Å². The molecular weight excluding hydrogens is 572 g/mol. The quantitative estimate of drug-likeness (QED) is 0.242. The Hall–Kier alpha value is -2.54. The van der Waals surface area contributed by atoms with Crippen LogP contribution in [0.25, 0.3) is 21.5 Å². The van der Waals surface area contributed by atoms with Crippen LogP contribution in [0.2, 0.25) is 10.0 Å². The normalized spacial score (nSPS) is 27.8. The van der Waals surface area contributed by atoms with E-state index in [1.807, 2.05) is 6.07 Å². The van der Waals surface area contributed by atoms with Gasteiger partial charge in [0.25, 0.3) is 0 Å². The summed E-state index contributed by atoms with van der Waals surface area (Å²) < 4.78 is 27.6. The maximum absolute atomic E-state index is 14.7. The van der Waals surface area contributed by atoms with E-state index in [9.17, 15) is 14.8 Å². The summed E-state index contributed by atoms with van der Waals surface area (Å²) in [5, 5.41) is 27.3. The number of nitriles is 1. The largest absolute Gasteiger partial charge is 0.382 e. The predicted molar refractivity (Wildman–Crippen MR) is 151 cm³/mol. The number of rotatable bonds is 6. The Kier molecular flexibility index (Phi) is 6.45. The highest BCUT2D eigenvalue weighted by Gasteiger charge is 2.59. The summed E-state index contributed by atoms with van der Waals surface area (Å²) in [6.45, 7) is 2.47. The van der Waals surface area contributed by atoms with E-state index < -0.39 is 11.4 Å². The molecule has 3 fully saturated rings. The van der Waals surface area contributed by atoms with Gasteiger partial charge in [0.1, 0.15) is 27.6 Å². The summed E-state index contributed by atoms with van der Waals surface area (Å²) in [5.74, 6) is 0.724. The van der Waals surface area contributed by atoms with Crippen molar-refractivity contribution in [1.29, 1.82) is 5.26 Å². The molecule has 2 bridgehead atoms. The molecule has 2 aromatic heterocycles. The van der Waals surface area contributed by atoms with Crippen LogP contribution in [-0.2, 0) is 16.9 Å². The van der Waals surface area contributed by atoms with Crippen LogP contribution in [0, 0.1) is 34.9 Å². The van der Waals surface area contributed by atoms with Gasteiger partial charge in [0.05, 0.1) is 39.1 Å². The van der Waals surface area contributed by atoms with E-state index in [2.05, 4.69) is 17.1 Å². The van der Waals surface area contributed by atoms with E-state index in [1.165, 1.54) is 17.4 Å². The van der Waals surface area contributed by atoms with Crippen molar-refractivity contribution in [3.05, 3.63) is 68.1 Å². The minimum atomic E-state index is -1.16. The molecule has 4 aromatic rings. The molecule has 7 rings (SSSR count). The Labute approximate surface area is 244 Å². The van der Waals surface area contributed by atoms with Crippen LogP contribution in [0.4, 0.5) is 4.39 Å². The predicted octanol–water partition coefficient (Wildman–Crippen LogP) is 7.99. The van der Waals surface area contributed by atoms with Gasteiger partial charge >= 0.3 is 0 Å². The zero-order valence-corrected chi connectivity index (χ0v) is 24.0. The van der Waals surface area contributed by atoms with Gasteiger partial charge < -0.3 is 14.4 Å². The standard InChI is InChI=1S/C30H26Cl2FN3O3S/c1-14-7-17-10-18(11-20(14)30(17,37)29-35-27-23(33)8-15(12-34)9-24(27)40-29)38-13-19-26(36-39-28(19)16-5-6-16)25-21(31)3-2-4-22(25)32/h2-4,8-9,14,16-18,20,37H,5-7,10-11,13H2,1H3/t14-,17+,18+,20+,30-/m0/s1. The van der Waals surface area contributed by atoms with Crippen molar-refractivity contribution in [1.82, 2.24) is 10.1 Å². The Morgan fingerprint density at radius 1 is 1.23 bits per heavy atom. The molecule has 0 aliphatic heterocycles. The van der Waals surface area contributed by atoms with Crippen LogP contribution in [0.5, 0.6) is 0 Å². The fourth-order valence-corrected chi connectivity index (χ4v) is 8.69. The number of ether oxygens (including phenoxy) is 1. The number of benzene rings is 2. The second kappa shape index (κ2) is 9.78. The molecule has 40 heavy (non-hydrogen) atoms. The maximum atomic E-state index is 14.7. The summed E-state index contributed by atoms with van der Waals surface area (Å²) in [4.78, 5) is 4.57. The Balaban J connectivity index is 1.16. The molecule has 206 valence electrons. The zero-order chi connectivity index (χ0) is 27.8. The van der Waals surface area contributed by atoms with Crippen LogP contribution in [0.15, 0.2) is 34.9 Å². The zero-order valence-electron chi connectivity index (χ0n) is 21.7. The fraction of sp³-hybridized carbons (Fsp3) is 0.433. The lowest BCUT2D eigenvalue weighted by Crippen LogP contribution is -2.45. The summed E-state index contributed by atoms with van der Waals surface area (Å²) in [5.41, 5.74) is 1.45. The van der Waals surface area contributed by atoms with E-state index in [4.69, 9.17) is 32.5 Å². The number of hydrogen-bond acceptors (Lipinski definition) is 7. The lowest BCUT2D eigenvalue weighted by Gasteiger charge is -2.41. The highest BCUT2D eigenvalue weighted by Crippen LogP contribution is 2.59. The molecule has 2 heterocycles. The van der Waals surface area contributed by atoms with Gasteiger partial charge in [-0.15, -0.1) is 11.3 Å². The van der Waals surface area contributed by atoms with Crippen molar-refractivity contribution >= 4 is 44.8 Å². The van der Waals surface area contributed by atoms with E-state index in [0.29, 0.717) is 56.4 Å². The minimum Gasteiger partial charge on any atom is -0.382 e. The number of aromatic nitrogens is 2. The molecule has 0 amide bonds. The number of aliphatic hydroxyl groups is 1. The van der Waals surface area contributed by atoms with Gasteiger partial charge in [0.2, 0.25) is 0 Å². The van der Waals surface area contributed by atoms with Crippen LogP contribution in [-0.4, -0.2) is 21.4 Å². The van der Waals surface area contributed by atoms with Crippen LogP contribution in [0.1, 0.15) is 66.8 Å². The SMILES string of the molecule is C[C@H]1C[C@@H]2C[C@@H](OCc3c(-c4c(Cl)cccc4Cl)noc3C3CC3)C[C@H]1[C@]2(O)c1nc2c(F)cc(C#N)cc2s1. The molecule has 5 atom stereocenters. The average molecular weight is 599 g/mol. The molecule has 3 saturated carbocycles. The number of hydrogen-bond donors (Lipinski definition) is 1. The van der Waals surface area contributed by atoms with E-state index in [-0.39, 0.29) is 34.9 Å². The molecule has 10 heteroatoms. The molecular formula is C30H26Cl2FN3O3S. The van der Waals surface area contributed by atoms with Crippen LogP contribution < -0.4 is 0 Å². The molecule has 0 saturated heterocycles. The smallest absolute Gasteiger partial charge is 0.151 e. The Morgan fingerprint density at radius 2 is 2.00 bits per heavy atom. The van der Waals surface area contributed by atoms with Crippen molar-refractivity contribution in [3.8, 4) is 17.3 Å². The van der Waals surface area contributed by atoms with Gasteiger partial charge in [-0.2, -0.15) is 5.26 Å². The fourth-order valence-electron chi connectivity index (χ4n) is 6.86. The van der Waals surface area contributed by atoms with Crippen molar-refractivity contribution in [3.63, 3.8) is 0 Å². The lowest BCUT2D eigenvalue weighted by atomic mass is 9.72. The van der Waals surface area contributed by atoms with E-state index in [1.54, 1.807) is 24.3 Å². The average Bonchev–Trinajstić information content (AvgIpc) is 3.51. The molecule has 3 aliphatic rings. The molecule has 2 aromatic carbocycles. The van der Waals surface area contributed by atoms with Gasteiger partial charge in [-0.3, -0.25) is 0 Å². The monoisotopic (exact) mass is 597 g/mol. The summed E-state index contributed by atoms with van der Waals surface area (Å²) >= 11 is 14.3. The number of fused-ring (bicyclic) bond motifs is 3.